The minimum absolute atomic E-state index is 0.218. The van der Waals surface area contributed by atoms with Crippen LogP contribution < -0.4 is 5.32 Å². The molecular weight excluding hydrogens is 164 g/mol. The molecule has 0 radical (unpaired) electrons. The minimum atomic E-state index is 0.218. The van der Waals surface area contributed by atoms with Gasteiger partial charge < -0.3 is 10.2 Å². The predicted molar refractivity (Wildman–Crippen MR) is 55.6 cm³/mol. The van der Waals surface area contributed by atoms with E-state index in [1.54, 1.807) is 0 Å². The smallest absolute Gasteiger partial charge is 0.223 e. The third kappa shape index (κ3) is 4.27. The van der Waals surface area contributed by atoms with Gasteiger partial charge in [0.1, 0.15) is 0 Å². The normalized spacial score (nSPS) is 13.1. The van der Waals surface area contributed by atoms with Gasteiger partial charge in [0.15, 0.2) is 0 Å². The van der Waals surface area contributed by atoms with E-state index in [1.165, 1.54) is 0 Å². The predicted octanol–water partition coefficient (Wildman–Crippen LogP) is 1.10. The Morgan fingerprint density at radius 2 is 1.92 bits per heavy atom. The number of hydrogen-bond acceptors (Lipinski definition) is 2. The highest BCUT2D eigenvalue weighted by molar-refractivity contribution is 5.76. The Labute approximate surface area is 81.5 Å². The summed E-state index contributed by atoms with van der Waals surface area (Å²) in [5, 5.41) is 2.97. The van der Waals surface area contributed by atoms with E-state index in [-0.39, 0.29) is 5.91 Å². The number of hydrogen-bond donors (Lipinski definition) is 1. The van der Waals surface area contributed by atoms with Crippen LogP contribution in [0.2, 0.25) is 0 Å². The number of rotatable bonds is 5. The monoisotopic (exact) mass is 186 g/mol. The van der Waals surface area contributed by atoms with Crippen molar-refractivity contribution in [1.82, 2.24) is 10.2 Å². The zero-order chi connectivity index (χ0) is 10.4. The van der Waals surface area contributed by atoms with Gasteiger partial charge in [0.2, 0.25) is 5.91 Å². The van der Waals surface area contributed by atoms with Gasteiger partial charge in [-0.15, -0.1) is 0 Å². The summed E-state index contributed by atoms with van der Waals surface area (Å²) in [5.41, 5.74) is 0. The van der Waals surface area contributed by atoms with E-state index >= 15 is 0 Å². The van der Waals surface area contributed by atoms with Crippen molar-refractivity contribution in [3.8, 4) is 0 Å². The van der Waals surface area contributed by atoms with E-state index in [2.05, 4.69) is 26.1 Å². The Kier molecular flexibility index (Phi) is 5.71. The molecule has 0 aromatic rings. The largest absolute Gasteiger partial charge is 0.343 e. The first-order valence-corrected chi connectivity index (χ1v) is 4.91. The Hall–Kier alpha value is -0.570. The van der Waals surface area contributed by atoms with Crippen LogP contribution in [-0.4, -0.2) is 37.5 Å². The van der Waals surface area contributed by atoms with Crippen molar-refractivity contribution in [3.63, 3.8) is 0 Å². The van der Waals surface area contributed by atoms with Crippen LogP contribution in [0.3, 0.4) is 0 Å². The standard InChI is InChI=1S/C10H22N2O/c1-8(2)9(3)12(5)10(13)6-7-11-4/h8-9,11H,6-7H2,1-5H3. The fraction of sp³-hybridized carbons (Fsp3) is 0.900. The molecule has 0 aliphatic rings. The van der Waals surface area contributed by atoms with Gasteiger partial charge in [-0.25, -0.2) is 0 Å². The van der Waals surface area contributed by atoms with E-state index in [0.29, 0.717) is 18.4 Å². The van der Waals surface area contributed by atoms with Gasteiger partial charge in [0, 0.05) is 26.1 Å². The van der Waals surface area contributed by atoms with Crippen LogP contribution >= 0.6 is 0 Å². The molecule has 1 unspecified atom stereocenters. The number of carbonyl (C=O) groups is 1. The fourth-order valence-electron chi connectivity index (χ4n) is 1.08. The lowest BCUT2D eigenvalue weighted by Crippen LogP contribution is -2.39. The Bertz CT molecular complexity index is 157. The lowest BCUT2D eigenvalue weighted by Gasteiger charge is -2.28. The third-order valence-electron chi connectivity index (χ3n) is 2.56. The topological polar surface area (TPSA) is 32.3 Å². The molecule has 0 spiro atoms. The number of nitrogens with zero attached hydrogens (tertiary/aromatic N) is 1. The molecule has 1 atom stereocenters. The first kappa shape index (κ1) is 12.4. The molecule has 3 nitrogen and oxygen atoms in total. The summed E-state index contributed by atoms with van der Waals surface area (Å²) in [4.78, 5) is 13.4. The van der Waals surface area contributed by atoms with Gasteiger partial charge in [-0.2, -0.15) is 0 Å². The lowest BCUT2D eigenvalue weighted by molar-refractivity contribution is -0.132. The molecule has 0 bridgehead atoms. The van der Waals surface area contributed by atoms with Crippen molar-refractivity contribution in [2.75, 3.05) is 20.6 Å². The van der Waals surface area contributed by atoms with Crippen molar-refractivity contribution >= 4 is 5.91 Å². The second kappa shape index (κ2) is 5.97. The summed E-state index contributed by atoms with van der Waals surface area (Å²) in [6.45, 7) is 7.11. The molecule has 1 N–H and O–H groups in total. The fourth-order valence-corrected chi connectivity index (χ4v) is 1.08. The maximum atomic E-state index is 11.5. The Balaban J connectivity index is 3.94. The SMILES string of the molecule is CNCCC(=O)N(C)C(C)C(C)C. The molecule has 0 aliphatic carbocycles. The quantitative estimate of drug-likeness (QED) is 0.697. The van der Waals surface area contributed by atoms with Crippen molar-refractivity contribution in [2.45, 2.75) is 33.2 Å². The average molecular weight is 186 g/mol. The molecule has 13 heavy (non-hydrogen) atoms. The Morgan fingerprint density at radius 3 is 2.31 bits per heavy atom. The van der Waals surface area contributed by atoms with Crippen LogP contribution in [0.25, 0.3) is 0 Å². The molecule has 0 saturated carbocycles. The molecule has 0 heterocycles. The molecule has 0 saturated heterocycles. The minimum Gasteiger partial charge on any atom is -0.343 e. The lowest BCUT2D eigenvalue weighted by atomic mass is 10.1. The summed E-state index contributed by atoms with van der Waals surface area (Å²) in [6, 6.07) is 0.323. The van der Waals surface area contributed by atoms with Crippen LogP contribution in [-0.2, 0) is 4.79 Å². The molecule has 1 amide bonds. The summed E-state index contributed by atoms with van der Waals surface area (Å²) in [6.07, 6.45) is 0.587. The van der Waals surface area contributed by atoms with Gasteiger partial charge in [-0.05, 0) is 19.9 Å². The second-order valence-corrected chi connectivity index (χ2v) is 3.84. The molecule has 3 heteroatoms. The van der Waals surface area contributed by atoms with E-state index in [9.17, 15) is 4.79 Å². The summed E-state index contributed by atoms with van der Waals surface area (Å²) in [5.74, 6) is 0.735. The van der Waals surface area contributed by atoms with Gasteiger partial charge in [0.05, 0.1) is 0 Å². The maximum Gasteiger partial charge on any atom is 0.223 e. The molecule has 0 fully saturated rings. The number of amides is 1. The maximum absolute atomic E-state index is 11.5. The molecular formula is C10H22N2O. The average Bonchev–Trinajstić information content (AvgIpc) is 2.11. The molecule has 0 aliphatic heterocycles. The Morgan fingerprint density at radius 1 is 1.38 bits per heavy atom. The van der Waals surface area contributed by atoms with E-state index in [0.717, 1.165) is 6.54 Å². The van der Waals surface area contributed by atoms with Crippen molar-refractivity contribution in [3.05, 3.63) is 0 Å². The van der Waals surface area contributed by atoms with Gasteiger partial charge >= 0.3 is 0 Å². The molecule has 78 valence electrons. The molecule has 0 aromatic carbocycles. The highest BCUT2D eigenvalue weighted by Gasteiger charge is 2.17. The van der Waals surface area contributed by atoms with Crippen LogP contribution in [0.1, 0.15) is 27.2 Å². The third-order valence-corrected chi connectivity index (χ3v) is 2.56. The molecule has 0 rings (SSSR count). The first-order chi connectivity index (χ1) is 6.00. The summed E-state index contributed by atoms with van der Waals surface area (Å²) in [7, 11) is 3.74. The second-order valence-electron chi connectivity index (χ2n) is 3.84. The zero-order valence-corrected chi connectivity index (χ0v) is 9.42. The van der Waals surface area contributed by atoms with Crippen LogP contribution in [0, 0.1) is 5.92 Å². The number of carbonyl (C=O) groups excluding carboxylic acids is 1. The summed E-state index contributed by atoms with van der Waals surface area (Å²) < 4.78 is 0. The number of nitrogens with one attached hydrogen (secondary N) is 1. The van der Waals surface area contributed by atoms with Crippen molar-refractivity contribution in [2.24, 2.45) is 5.92 Å². The first-order valence-electron chi connectivity index (χ1n) is 4.91. The molecule has 0 aromatic heterocycles. The van der Waals surface area contributed by atoms with Crippen LogP contribution in [0.4, 0.5) is 0 Å². The van der Waals surface area contributed by atoms with Gasteiger partial charge in [-0.1, -0.05) is 13.8 Å². The van der Waals surface area contributed by atoms with E-state index in [1.807, 2.05) is 19.0 Å². The van der Waals surface area contributed by atoms with Gasteiger partial charge in [-0.3, -0.25) is 4.79 Å². The summed E-state index contributed by atoms with van der Waals surface area (Å²) >= 11 is 0. The zero-order valence-electron chi connectivity index (χ0n) is 9.42. The van der Waals surface area contributed by atoms with Crippen molar-refractivity contribution < 1.29 is 4.79 Å². The van der Waals surface area contributed by atoms with E-state index < -0.39 is 0 Å². The van der Waals surface area contributed by atoms with Gasteiger partial charge in [0.25, 0.3) is 0 Å². The van der Waals surface area contributed by atoms with Crippen molar-refractivity contribution in [1.29, 1.82) is 0 Å². The van der Waals surface area contributed by atoms with E-state index in [4.69, 9.17) is 0 Å². The van der Waals surface area contributed by atoms with Crippen LogP contribution in [0.15, 0.2) is 0 Å². The highest BCUT2D eigenvalue weighted by Crippen LogP contribution is 2.08. The van der Waals surface area contributed by atoms with Crippen LogP contribution in [0.5, 0.6) is 0 Å². The highest BCUT2D eigenvalue weighted by atomic mass is 16.2.